The Morgan fingerprint density at radius 2 is 1.39 bits per heavy atom. The third kappa shape index (κ3) is 5.11. The topological polar surface area (TPSA) is 35.5 Å². The first-order chi connectivity index (χ1) is 14.9. The summed E-state index contributed by atoms with van der Waals surface area (Å²) in [6.07, 6.45) is 0.126. The Morgan fingerprint density at radius 1 is 0.871 bits per heavy atom. The van der Waals surface area contributed by atoms with Gasteiger partial charge in [-0.15, -0.1) is 0 Å². The Balaban J connectivity index is 2.16. The van der Waals surface area contributed by atoms with Crippen LogP contribution in [0.2, 0.25) is 5.04 Å². The molecule has 0 spiro atoms. The second kappa shape index (κ2) is 10.0. The first-order valence-corrected chi connectivity index (χ1v) is 12.4. The van der Waals surface area contributed by atoms with Crippen LogP contribution in [0.5, 0.6) is 0 Å². The summed E-state index contributed by atoms with van der Waals surface area (Å²) in [6.45, 7) is 7.31. The zero-order chi connectivity index (χ0) is 22.3. The normalized spacial score (nSPS) is 12.9. The Kier molecular flexibility index (Phi) is 7.41. The second-order valence-corrected chi connectivity index (χ2v) is 12.8. The number of rotatable bonds is 9. The van der Waals surface area contributed by atoms with E-state index in [9.17, 15) is 9.18 Å². The smallest absolute Gasteiger partial charge is 0.293 e. The lowest BCUT2D eigenvalue weighted by molar-refractivity contribution is -0.129. The van der Waals surface area contributed by atoms with Crippen molar-refractivity contribution >= 4 is 25.2 Å². The van der Waals surface area contributed by atoms with Gasteiger partial charge in [-0.1, -0.05) is 93.6 Å². The number of halogens is 1. The minimum Gasteiger partial charge on any atom is -0.468 e. The summed E-state index contributed by atoms with van der Waals surface area (Å²) < 4.78 is 25.8. The van der Waals surface area contributed by atoms with Crippen molar-refractivity contribution in [2.75, 3.05) is 6.61 Å². The van der Waals surface area contributed by atoms with Crippen molar-refractivity contribution in [1.82, 2.24) is 0 Å². The molecule has 3 aromatic carbocycles. The summed E-state index contributed by atoms with van der Waals surface area (Å²) in [5.74, 6) is -0.294. The van der Waals surface area contributed by atoms with Crippen molar-refractivity contribution < 1.29 is 18.3 Å². The Labute approximate surface area is 185 Å². The van der Waals surface area contributed by atoms with Gasteiger partial charge in [-0.3, -0.25) is 4.79 Å². The third-order valence-corrected chi connectivity index (χ3v) is 10.6. The molecule has 5 heteroatoms. The van der Waals surface area contributed by atoms with Crippen LogP contribution in [0, 0.1) is 5.82 Å². The van der Waals surface area contributed by atoms with Gasteiger partial charge in [0.1, 0.15) is 5.82 Å². The Morgan fingerprint density at radius 3 is 1.84 bits per heavy atom. The van der Waals surface area contributed by atoms with Crippen molar-refractivity contribution in [3.05, 3.63) is 96.3 Å². The van der Waals surface area contributed by atoms with Gasteiger partial charge in [0.2, 0.25) is 0 Å². The van der Waals surface area contributed by atoms with E-state index in [-0.39, 0.29) is 23.6 Å². The van der Waals surface area contributed by atoms with Crippen LogP contribution < -0.4 is 10.4 Å². The predicted octanol–water partition coefficient (Wildman–Crippen LogP) is 5.01. The van der Waals surface area contributed by atoms with Crippen LogP contribution in [0.15, 0.2) is 84.9 Å². The summed E-state index contributed by atoms with van der Waals surface area (Å²) in [7, 11) is -2.81. The highest BCUT2D eigenvalue weighted by Crippen LogP contribution is 2.40. The van der Waals surface area contributed by atoms with E-state index >= 15 is 0 Å². The monoisotopic (exact) mass is 436 g/mol. The lowest BCUT2D eigenvalue weighted by Crippen LogP contribution is -2.66. The van der Waals surface area contributed by atoms with Crippen molar-refractivity contribution in [2.24, 2.45) is 0 Å². The molecule has 0 fully saturated rings. The zero-order valence-electron chi connectivity index (χ0n) is 18.3. The molecule has 0 aliphatic carbocycles. The predicted molar refractivity (Wildman–Crippen MR) is 124 cm³/mol. The largest absolute Gasteiger partial charge is 0.468 e. The highest BCUT2D eigenvalue weighted by Gasteiger charge is 2.51. The van der Waals surface area contributed by atoms with E-state index in [2.05, 4.69) is 45.0 Å². The molecule has 0 aliphatic rings. The summed E-state index contributed by atoms with van der Waals surface area (Å²) in [6, 6.07) is 27.1. The van der Waals surface area contributed by atoms with Crippen LogP contribution in [0.3, 0.4) is 0 Å². The average molecular weight is 437 g/mol. The van der Waals surface area contributed by atoms with Gasteiger partial charge in [0.25, 0.3) is 14.8 Å². The summed E-state index contributed by atoms with van der Waals surface area (Å²) in [4.78, 5) is 10.8. The van der Waals surface area contributed by atoms with Crippen molar-refractivity contribution in [1.29, 1.82) is 0 Å². The zero-order valence-corrected chi connectivity index (χ0v) is 19.3. The molecule has 0 amide bonds. The van der Waals surface area contributed by atoms with Gasteiger partial charge < -0.3 is 9.16 Å². The minimum absolute atomic E-state index is 0.195. The summed E-state index contributed by atoms with van der Waals surface area (Å²) in [5, 5.41) is 2.13. The van der Waals surface area contributed by atoms with E-state index in [0.717, 1.165) is 15.9 Å². The molecule has 3 rings (SSSR count). The van der Waals surface area contributed by atoms with Crippen LogP contribution >= 0.6 is 0 Å². The van der Waals surface area contributed by atoms with Gasteiger partial charge in [-0.05, 0) is 33.1 Å². The molecule has 1 atom stereocenters. The molecule has 0 saturated heterocycles. The van der Waals surface area contributed by atoms with Crippen molar-refractivity contribution in [3.8, 4) is 0 Å². The number of carbonyl (C=O) groups excluding carboxylic acids is 1. The molecule has 162 valence electrons. The van der Waals surface area contributed by atoms with Gasteiger partial charge in [-0.2, -0.15) is 0 Å². The van der Waals surface area contributed by atoms with Crippen molar-refractivity contribution in [3.63, 3.8) is 0 Å². The van der Waals surface area contributed by atoms with Gasteiger partial charge in [0.05, 0.1) is 12.7 Å². The van der Waals surface area contributed by atoms with E-state index in [0.29, 0.717) is 12.9 Å². The number of hydrogen-bond acceptors (Lipinski definition) is 3. The molecule has 0 N–H and O–H groups in total. The molecular formula is C26H29FO3Si. The lowest BCUT2D eigenvalue weighted by atomic mass is 10.1. The molecule has 31 heavy (non-hydrogen) atoms. The molecule has 0 aliphatic heterocycles. The SMILES string of the molecule is CC(C)(C)[Si](OC(CCOC=O)c1ccc(F)cc1)(c1ccccc1)c1ccccc1. The van der Waals surface area contributed by atoms with Crippen LogP contribution in [0.25, 0.3) is 0 Å². The van der Waals surface area contributed by atoms with Crippen LogP contribution in [0.1, 0.15) is 38.9 Å². The molecule has 0 heterocycles. The Bertz CT molecular complexity index is 914. The number of ether oxygens (including phenoxy) is 1. The lowest BCUT2D eigenvalue weighted by Gasteiger charge is -2.45. The van der Waals surface area contributed by atoms with E-state index in [1.807, 2.05) is 36.4 Å². The third-order valence-electron chi connectivity index (χ3n) is 5.54. The fourth-order valence-electron chi connectivity index (χ4n) is 4.10. The van der Waals surface area contributed by atoms with Crippen LogP contribution in [0.4, 0.5) is 4.39 Å². The molecule has 0 bridgehead atoms. The van der Waals surface area contributed by atoms with E-state index in [1.165, 1.54) is 12.1 Å². The highest BCUT2D eigenvalue weighted by molar-refractivity contribution is 6.99. The maximum atomic E-state index is 13.6. The molecule has 0 radical (unpaired) electrons. The van der Waals surface area contributed by atoms with E-state index in [4.69, 9.17) is 9.16 Å². The standard InChI is InChI=1S/C26H29FO3Si/c1-26(2,3)31(23-10-6-4-7-11-23,24-12-8-5-9-13-24)30-25(18-19-29-20-28)21-14-16-22(27)17-15-21/h4-17,20,25H,18-19H2,1-3H3. The van der Waals surface area contributed by atoms with Gasteiger partial charge in [-0.25, -0.2) is 4.39 Å². The van der Waals surface area contributed by atoms with Crippen LogP contribution in [-0.2, 0) is 14.0 Å². The van der Waals surface area contributed by atoms with Gasteiger partial charge >= 0.3 is 0 Å². The molecule has 0 aromatic heterocycles. The van der Waals surface area contributed by atoms with Crippen molar-refractivity contribution in [2.45, 2.75) is 38.3 Å². The van der Waals surface area contributed by atoms with Gasteiger partial charge in [0, 0.05) is 6.42 Å². The first kappa shape index (κ1) is 22.9. The van der Waals surface area contributed by atoms with Gasteiger partial charge in [0.15, 0.2) is 0 Å². The molecule has 3 aromatic rings. The number of hydrogen-bond donors (Lipinski definition) is 0. The number of carbonyl (C=O) groups is 1. The highest BCUT2D eigenvalue weighted by atomic mass is 28.4. The molecule has 1 unspecified atom stereocenters. The number of benzene rings is 3. The quantitative estimate of drug-likeness (QED) is 0.269. The fourth-order valence-corrected chi connectivity index (χ4v) is 8.79. The Hall–Kier alpha value is -2.76. The van der Waals surface area contributed by atoms with E-state index < -0.39 is 8.32 Å². The van der Waals surface area contributed by atoms with E-state index in [1.54, 1.807) is 12.1 Å². The molecular weight excluding hydrogens is 407 g/mol. The first-order valence-electron chi connectivity index (χ1n) is 10.5. The second-order valence-electron chi connectivity index (χ2n) is 8.58. The fraction of sp³-hybridized carbons (Fsp3) is 0.269. The molecule has 0 saturated carbocycles. The van der Waals surface area contributed by atoms with Crippen LogP contribution in [-0.4, -0.2) is 21.4 Å². The molecule has 3 nitrogen and oxygen atoms in total. The summed E-state index contributed by atoms with van der Waals surface area (Å²) >= 11 is 0. The average Bonchev–Trinajstić information content (AvgIpc) is 2.77. The minimum atomic E-state index is -2.81. The summed E-state index contributed by atoms with van der Waals surface area (Å²) in [5.41, 5.74) is 0.865. The maximum absolute atomic E-state index is 13.6. The maximum Gasteiger partial charge on any atom is 0.293 e.